The van der Waals surface area contributed by atoms with Crippen LogP contribution >= 0.6 is 0 Å². The van der Waals surface area contributed by atoms with Crippen LogP contribution in [0.1, 0.15) is 29.2 Å². The van der Waals surface area contributed by atoms with E-state index in [0.29, 0.717) is 13.1 Å². The third-order valence-electron chi connectivity index (χ3n) is 4.20. The van der Waals surface area contributed by atoms with Crippen molar-refractivity contribution in [2.75, 3.05) is 13.1 Å². The summed E-state index contributed by atoms with van der Waals surface area (Å²) in [5.74, 6) is -0.362. The number of likely N-dealkylation sites (N-methyl/N-ethyl adjacent to an activating group) is 1. The second kappa shape index (κ2) is 9.56. The molecule has 136 valence electrons. The van der Waals surface area contributed by atoms with Crippen LogP contribution in [0.5, 0.6) is 0 Å². The van der Waals surface area contributed by atoms with Gasteiger partial charge in [0.25, 0.3) is 0 Å². The molecule has 1 N–H and O–H groups in total. The molecule has 0 radical (unpaired) electrons. The van der Waals surface area contributed by atoms with E-state index in [0.717, 1.165) is 16.7 Å². The van der Waals surface area contributed by atoms with E-state index < -0.39 is 0 Å². The van der Waals surface area contributed by atoms with Gasteiger partial charge in [0.1, 0.15) is 0 Å². The normalized spacial score (nSPS) is 10.7. The van der Waals surface area contributed by atoms with Crippen LogP contribution in [0.2, 0.25) is 0 Å². The lowest BCUT2D eigenvalue weighted by atomic mass is 10.1. The molecule has 0 fully saturated rings. The highest BCUT2D eigenvalue weighted by Gasteiger charge is 2.12. The molecule has 0 aliphatic rings. The molecule has 2 rings (SSSR count). The van der Waals surface area contributed by atoms with Crippen LogP contribution in [0.25, 0.3) is 6.08 Å². The first-order valence-corrected chi connectivity index (χ1v) is 8.84. The second-order valence-corrected chi connectivity index (χ2v) is 6.30. The zero-order valence-electron chi connectivity index (χ0n) is 15.7. The van der Waals surface area contributed by atoms with Gasteiger partial charge in [-0.1, -0.05) is 54.1 Å². The summed E-state index contributed by atoms with van der Waals surface area (Å²) < 4.78 is 0. The molecule has 0 atom stereocenters. The summed E-state index contributed by atoms with van der Waals surface area (Å²) >= 11 is 0. The van der Waals surface area contributed by atoms with E-state index in [9.17, 15) is 9.59 Å². The maximum atomic E-state index is 12.3. The highest BCUT2D eigenvalue weighted by Crippen LogP contribution is 2.12. The van der Waals surface area contributed by atoms with Gasteiger partial charge in [0, 0.05) is 19.2 Å². The fraction of sp³-hybridized carbons (Fsp3) is 0.273. The van der Waals surface area contributed by atoms with Crippen LogP contribution in [0.15, 0.2) is 54.6 Å². The molecule has 4 nitrogen and oxygen atoms in total. The summed E-state index contributed by atoms with van der Waals surface area (Å²) in [5, 5.41) is 2.67. The zero-order valence-corrected chi connectivity index (χ0v) is 15.7. The number of amides is 2. The fourth-order valence-electron chi connectivity index (χ4n) is 2.69. The molecule has 0 spiro atoms. The van der Waals surface area contributed by atoms with E-state index in [1.165, 1.54) is 11.6 Å². The van der Waals surface area contributed by atoms with Gasteiger partial charge in [-0.15, -0.1) is 0 Å². The lowest BCUT2D eigenvalue weighted by Crippen LogP contribution is -2.39. The van der Waals surface area contributed by atoms with Gasteiger partial charge in [0.2, 0.25) is 11.8 Å². The Hall–Kier alpha value is -2.88. The molecule has 2 amide bonds. The summed E-state index contributed by atoms with van der Waals surface area (Å²) in [7, 11) is 0. The van der Waals surface area contributed by atoms with Crippen molar-refractivity contribution in [1.82, 2.24) is 10.2 Å². The number of carbonyl (C=O) groups is 2. The molecule has 2 aromatic carbocycles. The summed E-state index contributed by atoms with van der Waals surface area (Å²) in [6.07, 6.45) is 3.24. The molecule has 0 aromatic heterocycles. The average Bonchev–Trinajstić information content (AvgIpc) is 2.64. The Bertz CT molecular complexity index is 782. The van der Waals surface area contributed by atoms with E-state index in [1.54, 1.807) is 11.0 Å². The molecule has 0 heterocycles. The van der Waals surface area contributed by atoms with Gasteiger partial charge in [0.05, 0.1) is 6.54 Å². The Morgan fingerprint density at radius 2 is 1.81 bits per heavy atom. The SMILES string of the molecule is CCN(Cc1ccccc1)C(=O)CNC(=O)/C=C/c1ccc(C)cc1C. The van der Waals surface area contributed by atoms with Crippen LogP contribution in [-0.4, -0.2) is 29.8 Å². The number of carbonyl (C=O) groups excluding carboxylic acids is 2. The van der Waals surface area contributed by atoms with Crippen molar-refractivity contribution in [2.24, 2.45) is 0 Å². The van der Waals surface area contributed by atoms with Gasteiger partial charge in [-0.2, -0.15) is 0 Å². The lowest BCUT2D eigenvalue weighted by Gasteiger charge is -2.21. The summed E-state index contributed by atoms with van der Waals surface area (Å²) in [4.78, 5) is 26.1. The minimum absolute atomic E-state index is 0.00325. The number of benzene rings is 2. The van der Waals surface area contributed by atoms with Crippen molar-refractivity contribution in [3.8, 4) is 0 Å². The Kier molecular flexibility index (Phi) is 7.15. The van der Waals surface area contributed by atoms with Gasteiger partial charge in [0.15, 0.2) is 0 Å². The van der Waals surface area contributed by atoms with E-state index in [1.807, 2.05) is 63.2 Å². The van der Waals surface area contributed by atoms with Crippen LogP contribution in [0, 0.1) is 13.8 Å². The molecule has 2 aromatic rings. The largest absolute Gasteiger partial charge is 0.343 e. The molecule has 0 aliphatic carbocycles. The third-order valence-corrected chi connectivity index (χ3v) is 4.20. The first-order chi connectivity index (χ1) is 12.5. The number of rotatable bonds is 7. The minimum atomic E-state index is -0.269. The lowest BCUT2D eigenvalue weighted by molar-refractivity contribution is -0.132. The molecule has 0 unspecified atom stereocenters. The Morgan fingerprint density at radius 1 is 1.08 bits per heavy atom. The summed E-state index contributed by atoms with van der Waals surface area (Å²) in [5.41, 5.74) is 4.37. The quantitative estimate of drug-likeness (QED) is 0.777. The molecule has 4 heteroatoms. The standard InChI is InChI=1S/C22H26N2O2/c1-4-24(16-19-8-6-5-7-9-19)22(26)15-23-21(25)13-12-20-11-10-17(2)14-18(20)3/h5-14H,4,15-16H2,1-3H3,(H,23,25)/b13-12+. The van der Waals surface area contributed by atoms with E-state index in [-0.39, 0.29) is 18.4 Å². The number of hydrogen-bond donors (Lipinski definition) is 1. The topological polar surface area (TPSA) is 49.4 Å². The summed E-state index contributed by atoms with van der Waals surface area (Å²) in [6.45, 7) is 7.12. The zero-order chi connectivity index (χ0) is 18.9. The van der Waals surface area contributed by atoms with Gasteiger partial charge >= 0.3 is 0 Å². The van der Waals surface area contributed by atoms with E-state index in [4.69, 9.17) is 0 Å². The predicted molar refractivity (Wildman–Crippen MR) is 105 cm³/mol. The highest BCUT2D eigenvalue weighted by molar-refractivity contribution is 5.94. The third kappa shape index (κ3) is 5.88. The van der Waals surface area contributed by atoms with Crippen molar-refractivity contribution in [2.45, 2.75) is 27.3 Å². The molecular weight excluding hydrogens is 324 g/mol. The van der Waals surface area contributed by atoms with Crippen molar-refractivity contribution in [3.05, 3.63) is 76.9 Å². The molecule has 0 saturated carbocycles. The molecule has 0 aliphatic heterocycles. The van der Waals surface area contributed by atoms with Crippen molar-refractivity contribution >= 4 is 17.9 Å². The first-order valence-electron chi connectivity index (χ1n) is 8.84. The highest BCUT2D eigenvalue weighted by atomic mass is 16.2. The van der Waals surface area contributed by atoms with Gasteiger partial charge in [-0.05, 0) is 43.5 Å². The molecule has 0 bridgehead atoms. The number of nitrogens with one attached hydrogen (secondary N) is 1. The maximum Gasteiger partial charge on any atom is 0.244 e. The second-order valence-electron chi connectivity index (χ2n) is 6.30. The van der Waals surface area contributed by atoms with Gasteiger partial charge in [-0.25, -0.2) is 0 Å². The Balaban J connectivity index is 1.87. The summed E-state index contributed by atoms with van der Waals surface area (Å²) in [6, 6.07) is 15.9. The molecule has 26 heavy (non-hydrogen) atoms. The minimum Gasteiger partial charge on any atom is -0.343 e. The average molecular weight is 350 g/mol. The van der Waals surface area contributed by atoms with Gasteiger partial charge in [-0.3, -0.25) is 9.59 Å². The molecule has 0 saturated heterocycles. The van der Waals surface area contributed by atoms with E-state index >= 15 is 0 Å². The van der Waals surface area contributed by atoms with E-state index in [2.05, 4.69) is 11.4 Å². The van der Waals surface area contributed by atoms with Crippen LogP contribution in [0.3, 0.4) is 0 Å². The van der Waals surface area contributed by atoms with Crippen molar-refractivity contribution in [1.29, 1.82) is 0 Å². The van der Waals surface area contributed by atoms with Crippen LogP contribution < -0.4 is 5.32 Å². The van der Waals surface area contributed by atoms with Crippen molar-refractivity contribution < 1.29 is 9.59 Å². The predicted octanol–water partition coefficient (Wildman–Crippen LogP) is 3.48. The fourth-order valence-corrected chi connectivity index (χ4v) is 2.69. The van der Waals surface area contributed by atoms with Crippen LogP contribution in [-0.2, 0) is 16.1 Å². The Labute approximate surface area is 155 Å². The smallest absolute Gasteiger partial charge is 0.244 e. The number of nitrogens with zero attached hydrogens (tertiary/aromatic N) is 1. The Morgan fingerprint density at radius 3 is 2.46 bits per heavy atom. The maximum absolute atomic E-state index is 12.3. The number of aryl methyl sites for hydroxylation is 2. The molecular formula is C22H26N2O2. The van der Waals surface area contributed by atoms with Gasteiger partial charge < -0.3 is 10.2 Å². The first kappa shape index (κ1) is 19.4. The van der Waals surface area contributed by atoms with Crippen molar-refractivity contribution in [3.63, 3.8) is 0 Å². The van der Waals surface area contributed by atoms with Crippen LogP contribution in [0.4, 0.5) is 0 Å². The monoisotopic (exact) mass is 350 g/mol. The number of hydrogen-bond acceptors (Lipinski definition) is 2.